The van der Waals surface area contributed by atoms with Gasteiger partial charge in [-0.2, -0.15) is 0 Å². The summed E-state index contributed by atoms with van der Waals surface area (Å²) in [5.74, 6) is 1.82. The van der Waals surface area contributed by atoms with Crippen LogP contribution in [0, 0.1) is 6.92 Å². The highest BCUT2D eigenvalue weighted by Crippen LogP contribution is 2.33. The highest BCUT2D eigenvalue weighted by Gasteiger charge is 2.31. The highest BCUT2D eigenvalue weighted by molar-refractivity contribution is 6.22. The summed E-state index contributed by atoms with van der Waals surface area (Å²) < 4.78 is 5.30. The molecule has 1 nitrogen and oxygen atoms in total. The largest absolute Gasteiger partial charge is 0.497 e. The summed E-state index contributed by atoms with van der Waals surface area (Å²) in [6, 6.07) is 16.5. The summed E-state index contributed by atoms with van der Waals surface area (Å²) in [5, 5.41) is 0. The first-order chi connectivity index (χ1) is 10.1. The van der Waals surface area contributed by atoms with E-state index in [-0.39, 0.29) is 5.41 Å². The van der Waals surface area contributed by atoms with E-state index in [1.165, 1.54) is 16.7 Å². The van der Waals surface area contributed by atoms with Crippen molar-refractivity contribution in [2.45, 2.75) is 18.8 Å². The van der Waals surface area contributed by atoms with Crippen molar-refractivity contribution < 1.29 is 4.74 Å². The SMILES string of the molecule is COc1cccc(CC(CCl)(CCl)c2cccc(C)c2)c1. The van der Waals surface area contributed by atoms with Gasteiger partial charge in [0.15, 0.2) is 0 Å². The van der Waals surface area contributed by atoms with E-state index < -0.39 is 0 Å². The molecule has 0 N–H and O–H groups in total. The van der Waals surface area contributed by atoms with Crippen molar-refractivity contribution in [3.05, 3.63) is 65.2 Å². The third-order valence-electron chi connectivity index (χ3n) is 3.82. The molecule has 0 aliphatic rings. The molecule has 0 radical (unpaired) electrons. The molecule has 0 spiro atoms. The molecule has 0 saturated carbocycles. The Hall–Kier alpha value is -1.18. The molecule has 112 valence electrons. The van der Waals surface area contributed by atoms with Crippen LogP contribution in [-0.2, 0) is 11.8 Å². The molecule has 0 bridgehead atoms. The molecule has 2 aromatic rings. The fourth-order valence-corrected chi connectivity index (χ4v) is 3.32. The van der Waals surface area contributed by atoms with Gasteiger partial charge in [-0.05, 0) is 36.6 Å². The molecule has 0 fully saturated rings. The fraction of sp³-hybridized carbons (Fsp3) is 0.333. The van der Waals surface area contributed by atoms with Crippen LogP contribution in [0.1, 0.15) is 16.7 Å². The van der Waals surface area contributed by atoms with Crippen molar-refractivity contribution in [1.82, 2.24) is 0 Å². The Morgan fingerprint density at radius 1 is 1.00 bits per heavy atom. The lowest BCUT2D eigenvalue weighted by Crippen LogP contribution is -2.33. The third kappa shape index (κ3) is 3.72. The normalized spacial score (nSPS) is 11.4. The lowest BCUT2D eigenvalue weighted by molar-refractivity contribution is 0.413. The predicted octanol–water partition coefficient (Wildman–Crippen LogP) is 4.96. The van der Waals surface area contributed by atoms with Crippen LogP contribution in [0.2, 0.25) is 0 Å². The smallest absolute Gasteiger partial charge is 0.119 e. The molecule has 0 saturated heterocycles. The Morgan fingerprint density at radius 3 is 2.33 bits per heavy atom. The Kier molecular flexibility index (Phi) is 5.55. The van der Waals surface area contributed by atoms with Gasteiger partial charge in [-0.1, -0.05) is 42.0 Å². The predicted molar refractivity (Wildman–Crippen MR) is 91.0 cm³/mol. The molecule has 0 atom stereocenters. The van der Waals surface area contributed by atoms with Gasteiger partial charge in [0.2, 0.25) is 0 Å². The van der Waals surface area contributed by atoms with E-state index in [0.717, 1.165) is 12.2 Å². The maximum Gasteiger partial charge on any atom is 0.119 e. The minimum absolute atomic E-state index is 0.262. The number of hydrogen-bond donors (Lipinski definition) is 0. The second-order valence-electron chi connectivity index (χ2n) is 5.45. The number of halogens is 2. The van der Waals surface area contributed by atoms with E-state index in [1.54, 1.807) is 7.11 Å². The van der Waals surface area contributed by atoms with Crippen LogP contribution in [0.3, 0.4) is 0 Å². The molecule has 0 aromatic heterocycles. The standard InChI is InChI=1S/C18H20Cl2O/c1-14-5-3-7-16(9-14)18(12-19,13-20)11-15-6-4-8-17(10-15)21-2/h3-10H,11-13H2,1-2H3. The number of alkyl halides is 2. The van der Waals surface area contributed by atoms with Gasteiger partial charge in [-0.3, -0.25) is 0 Å². The van der Waals surface area contributed by atoms with Crippen LogP contribution in [0.15, 0.2) is 48.5 Å². The van der Waals surface area contributed by atoms with E-state index in [4.69, 9.17) is 27.9 Å². The van der Waals surface area contributed by atoms with E-state index in [0.29, 0.717) is 11.8 Å². The molecule has 3 heteroatoms. The molecule has 2 aromatic carbocycles. The highest BCUT2D eigenvalue weighted by atomic mass is 35.5. The first-order valence-corrected chi connectivity index (χ1v) is 8.02. The number of aryl methyl sites for hydroxylation is 1. The zero-order chi connectivity index (χ0) is 15.3. The van der Waals surface area contributed by atoms with Gasteiger partial charge < -0.3 is 4.74 Å². The number of hydrogen-bond acceptors (Lipinski definition) is 1. The van der Waals surface area contributed by atoms with Gasteiger partial charge in [-0.15, -0.1) is 23.2 Å². The lowest BCUT2D eigenvalue weighted by Gasteiger charge is -2.31. The van der Waals surface area contributed by atoms with E-state index in [2.05, 4.69) is 37.3 Å². The molecule has 2 rings (SSSR count). The van der Waals surface area contributed by atoms with Crippen molar-refractivity contribution in [1.29, 1.82) is 0 Å². The molecule has 0 aliphatic heterocycles. The van der Waals surface area contributed by atoms with Crippen molar-refractivity contribution in [3.8, 4) is 5.75 Å². The summed E-state index contributed by atoms with van der Waals surface area (Å²) in [6.07, 6.45) is 0.792. The topological polar surface area (TPSA) is 9.23 Å². The molecular formula is C18H20Cl2O. The second kappa shape index (κ2) is 7.20. The monoisotopic (exact) mass is 322 g/mol. The van der Waals surface area contributed by atoms with Crippen molar-refractivity contribution in [2.24, 2.45) is 0 Å². The zero-order valence-corrected chi connectivity index (χ0v) is 13.9. The zero-order valence-electron chi connectivity index (χ0n) is 12.4. The average Bonchev–Trinajstić information content (AvgIpc) is 2.53. The molecule has 0 unspecified atom stereocenters. The van der Waals surface area contributed by atoms with Crippen molar-refractivity contribution >= 4 is 23.2 Å². The van der Waals surface area contributed by atoms with Gasteiger partial charge in [0.1, 0.15) is 5.75 Å². The Balaban J connectivity index is 2.38. The second-order valence-corrected chi connectivity index (χ2v) is 5.98. The molecule has 0 heterocycles. The molecule has 21 heavy (non-hydrogen) atoms. The van der Waals surface area contributed by atoms with Crippen molar-refractivity contribution in [2.75, 3.05) is 18.9 Å². The Labute approximate surface area is 136 Å². The van der Waals surface area contributed by atoms with Crippen LogP contribution in [-0.4, -0.2) is 18.9 Å². The van der Waals surface area contributed by atoms with Gasteiger partial charge >= 0.3 is 0 Å². The summed E-state index contributed by atoms with van der Waals surface area (Å²) >= 11 is 12.6. The molecule has 0 aliphatic carbocycles. The number of rotatable bonds is 6. The van der Waals surface area contributed by atoms with Gasteiger partial charge in [0.25, 0.3) is 0 Å². The first-order valence-electron chi connectivity index (χ1n) is 6.95. The Bertz CT molecular complexity index is 591. The number of benzene rings is 2. The van der Waals surface area contributed by atoms with Crippen LogP contribution >= 0.6 is 23.2 Å². The van der Waals surface area contributed by atoms with Crippen LogP contribution in [0.25, 0.3) is 0 Å². The van der Waals surface area contributed by atoms with Crippen LogP contribution in [0.4, 0.5) is 0 Å². The van der Waals surface area contributed by atoms with Crippen LogP contribution < -0.4 is 4.74 Å². The van der Waals surface area contributed by atoms with Gasteiger partial charge in [0, 0.05) is 17.2 Å². The van der Waals surface area contributed by atoms with Crippen molar-refractivity contribution in [3.63, 3.8) is 0 Å². The minimum Gasteiger partial charge on any atom is -0.497 e. The number of methoxy groups -OCH3 is 1. The first kappa shape index (κ1) is 16.2. The molecule has 0 amide bonds. The Morgan fingerprint density at radius 2 is 1.71 bits per heavy atom. The van der Waals surface area contributed by atoms with Crippen LogP contribution in [0.5, 0.6) is 5.75 Å². The maximum atomic E-state index is 6.32. The maximum absolute atomic E-state index is 6.32. The van der Waals surface area contributed by atoms with E-state index in [1.807, 2.05) is 18.2 Å². The summed E-state index contributed by atoms with van der Waals surface area (Å²) in [4.78, 5) is 0. The molecular weight excluding hydrogens is 303 g/mol. The van der Waals surface area contributed by atoms with E-state index in [9.17, 15) is 0 Å². The van der Waals surface area contributed by atoms with Gasteiger partial charge in [0.05, 0.1) is 7.11 Å². The van der Waals surface area contributed by atoms with Gasteiger partial charge in [-0.25, -0.2) is 0 Å². The lowest BCUT2D eigenvalue weighted by atomic mass is 9.78. The summed E-state index contributed by atoms with van der Waals surface area (Å²) in [6.45, 7) is 2.09. The third-order valence-corrected chi connectivity index (χ3v) is 4.84. The fourth-order valence-electron chi connectivity index (χ4n) is 2.53. The summed E-state index contributed by atoms with van der Waals surface area (Å²) in [7, 11) is 1.68. The minimum atomic E-state index is -0.262. The average molecular weight is 323 g/mol. The quantitative estimate of drug-likeness (QED) is 0.683. The van der Waals surface area contributed by atoms with E-state index >= 15 is 0 Å². The summed E-state index contributed by atoms with van der Waals surface area (Å²) in [5.41, 5.74) is 3.33. The number of ether oxygens (including phenoxy) is 1.